The Hall–Kier alpha value is -2.71. The lowest BCUT2D eigenvalue weighted by molar-refractivity contribution is -0.645. The monoisotopic (exact) mass is 375 g/mol. The minimum absolute atomic E-state index is 0.0560. The summed E-state index contributed by atoms with van der Waals surface area (Å²) in [5.41, 5.74) is 1.30. The Balaban J connectivity index is 2.30. The molecule has 3 aromatic rings. The van der Waals surface area contributed by atoms with Gasteiger partial charge in [0, 0.05) is 24.1 Å². The SMILES string of the molecule is COc1ccc2c(c1)c(C(=O)[O-])c1ccccc1[n+]2CCCS(=O)(=O)O. The number of hydrogen-bond donors (Lipinski definition) is 1. The Kier molecular flexibility index (Phi) is 4.80. The van der Waals surface area contributed by atoms with E-state index < -0.39 is 16.1 Å². The fraction of sp³-hybridized carbons (Fsp3) is 0.222. The smallest absolute Gasteiger partial charge is 0.265 e. The van der Waals surface area contributed by atoms with Crippen molar-refractivity contribution in [3.05, 3.63) is 48.0 Å². The van der Waals surface area contributed by atoms with Gasteiger partial charge >= 0.3 is 0 Å². The fourth-order valence-corrected chi connectivity index (χ4v) is 3.63. The number of carboxylic acids is 1. The Morgan fingerprint density at radius 2 is 1.85 bits per heavy atom. The second kappa shape index (κ2) is 6.89. The van der Waals surface area contributed by atoms with E-state index in [-0.39, 0.29) is 24.3 Å². The van der Waals surface area contributed by atoms with Crippen molar-refractivity contribution in [3.63, 3.8) is 0 Å². The van der Waals surface area contributed by atoms with Gasteiger partial charge in [-0.15, -0.1) is 0 Å². The molecule has 0 aliphatic rings. The molecule has 0 radical (unpaired) electrons. The van der Waals surface area contributed by atoms with Crippen LogP contribution in [0.4, 0.5) is 0 Å². The van der Waals surface area contributed by atoms with Gasteiger partial charge in [-0.3, -0.25) is 4.55 Å². The molecule has 0 unspecified atom stereocenters. The highest BCUT2D eigenvalue weighted by Crippen LogP contribution is 2.27. The predicted octanol–water partition coefficient (Wildman–Crippen LogP) is 0.930. The molecule has 2 aromatic carbocycles. The van der Waals surface area contributed by atoms with E-state index in [1.807, 2.05) is 4.57 Å². The zero-order chi connectivity index (χ0) is 18.9. The lowest BCUT2D eigenvalue weighted by Crippen LogP contribution is -2.38. The van der Waals surface area contributed by atoms with Crippen LogP contribution in [-0.4, -0.2) is 31.8 Å². The molecule has 0 aliphatic heterocycles. The molecule has 1 aromatic heterocycles. The summed E-state index contributed by atoms with van der Waals surface area (Å²) in [5.74, 6) is -1.18. The zero-order valence-corrected chi connectivity index (χ0v) is 14.8. The molecule has 26 heavy (non-hydrogen) atoms. The molecule has 0 aliphatic carbocycles. The summed E-state index contributed by atoms with van der Waals surface area (Å²) in [7, 11) is -2.58. The Morgan fingerprint density at radius 3 is 2.50 bits per heavy atom. The molecular formula is C18H17NO6S. The number of carbonyl (C=O) groups excluding carboxylic acids is 1. The normalized spacial score (nSPS) is 11.8. The molecule has 8 heteroatoms. The summed E-state index contributed by atoms with van der Waals surface area (Å²) >= 11 is 0. The van der Waals surface area contributed by atoms with Gasteiger partial charge in [-0.1, -0.05) is 12.1 Å². The highest BCUT2D eigenvalue weighted by atomic mass is 32.2. The second-order valence-electron chi connectivity index (χ2n) is 5.85. The van der Waals surface area contributed by atoms with E-state index in [4.69, 9.17) is 9.29 Å². The van der Waals surface area contributed by atoms with Gasteiger partial charge in [-0.25, -0.2) is 0 Å². The molecule has 3 rings (SSSR count). The van der Waals surface area contributed by atoms with Gasteiger partial charge in [0.25, 0.3) is 10.1 Å². The lowest BCUT2D eigenvalue weighted by atomic mass is 10.0. The van der Waals surface area contributed by atoms with Crippen molar-refractivity contribution < 1.29 is 32.2 Å². The molecule has 1 heterocycles. The number of methoxy groups -OCH3 is 1. The Labute approximate surface area is 150 Å². The van der Waals surface area contributed by atoms with Crippen molar-refractivity contribution in [3.8, 4) is 5.75 Å². The highest BCUT2D eigenvalue weighted by Gasteiger charge is 2.21. The number of rotatable bonds is 6. The van der Waals surface area contributed by atoms with Crippen LogP contribution in [0.1, 0.15) is 16.8 Å². The summed E-state index contributed by atoms with van der Waals surface area (Å²) in [6.07, 6.45) is 0.180. The molecule has 0 spiro atoms. The van der Waals surface area contributed by atoms with Gasteiger partial charge in [0.05, 0.1) is 29.6 Å². The maximum absolute atomic E-state index is 11.8. The topological polar surface area (TPSA) is 108 Å². The first kappa shape index (κ1) is 18.1. The molecule has 1 N–H and O–H groups in total. The minimum Gasteiger partial charge on any atom is -0.545 e. The summed E-state index contributed by atoms with van der Waals surface area (Å²) < 4.78 is 38.0. The number of aromatic carboxylic acids is 1. The molecule has 0 bridgehead atoms. The van der Waals surface area contributed by atoms with Crippen molar-refractivity contribution in [2.75, 3.05) is 12.9 Å². The van der Waals surface area contributed by atoms with E-state index in [9.17, 15) is 18.3 Å². The molecular weight excluding hydrogens is 358 g/mol. The first-order valence-electron chi connectivity index (χ1n) is 7.90. The summed E-state index contributed by atoms with van der Waals surface area (Å²) in [4.78, 5) is 11.8. The van der Waals surface area contributed by atoms with Crippen molar-refractivity contribution in [2.24, 2.45) is 0 Å². The van der Waals surface area contributed by atoms with Crippen molar-refractivity contribution >= 4 is 37.9 Å². The van der Waals surface area contributed by atoms with Gasteiger partial charge < -0.3 is 14.6 Å². The molecule has 136 valence electrons. The third kappa shape index (κ3) is 3.47. The minimum atomic E-state index is -4.07. The standard InChI is InChI=1S/C18H17NO6S/c1-25-12-7-8-16-14(11-12)17(18(20)21)13-5-2-3-6-15(13)19(16)9-4-10-26(22,23)24/h2-3,5-8,11H,4,9-10H2,1H3,(H-,20,21,22,23,24). The van der Waals surface area contributed by atoms with Gasteiger partial charge in [0.2, 0.25) is 11.0 Å². The maximum atomic E-state index is 11.8. The van der Waals surface area contributed by atoms with Crippen molar-refractivity contribution in [1.82, 2.24) is 0 Å². The fourth-order valence-electron chi connectivity index (χ4n) is 3.14. The lowest BCUT2D eigenvalue weighted by Gasteiger charge is -2.13. The summed E-state index contributed by atoms with van der Waals surface area (Å²) in [6, 6.07) is 12.0. The van der Waals surface area contributed by atoms with E-state index in [0.29, 0.717) is 27.6 Å². The van der Waals surface area contributed by atoms with Gasteiger partial charge in [0.15, 0.2) is 6.54 Å². The quantitative estimate of drug-likeness (QED) is 0.390. The van der Waals surface area contributed by atoms with Crippen LogP contribution >= 0.6 is 0 Å². The first-order chi connectivity index (χ1) is 12.3. The van der Waals surface area contributed by atoms with Crippen LogP contribution in [0.5, 0.6) is 5.75 Å². The number of aromatic nitrogens is 1. The summed E-state index contributed by atoms with van der Waals surface area (Å²) in [6.45, 7) is 0.288. The number of nitrogens with zero attached hydrogens (tertiary/aromatic N) is 1. The van der Waals surface area contributed by atoms with Gasteiger partial charge in [-0.2, -0.15) is 13.0 Å². The number of benzene rings is 2. The van der Waals surface area contributed by atoms with Crippen LogP contribution in [0, 0.1) is 0 Å². The maximum Gasteiger partial charge on any atom is 0.265 e. The summed E-state index contributed by atoms with van der Waals surface area (Å²) in [5, 5.41) is 12.7. The Morgan fingerprint density at radius 1 is 1.15 bits per heavy atom. The van der Waals surface area contributed by atoms with E-state index in [0.717, 1.165) is 0 Å². The second-order valence-corrected chi connectivity index (χ2v) is 7.43. The van der Waals surface area contributed by atoms with Crippen LogP contribution in [-0.2, 0) is 16.7 Å². The number of carbonyl (C=O) groups is 1. The highest BCUT2D eigenvalue weighted by molar-refractivity contribution is 7.85. The largest absolute Gasteiger partial charge is 0.545 e. The molecule has 7 nitrogen and oxygen atoms in total. The first-order valence-corrected chi connectivity index (χ1v) is 9.51. The van der Waals surface area contributed by atoms with E-state index in [2.05, 4.69) is 0 Å². The molecule has 0 atom stereocenters. The van der Waals surface area contributed by atoms with Crippen molar-refractivity contribution in [2.45, 2.75) is 13.0 Å². The predicted molar refractivity (Wildman–Crippen MR) is 93.6 cm³/mol. The van der Waals surface area contributed by atoms with E-state index in [1.165, 1.54) is 7.11 Å². The number of aryl methyl sites for hydroxylation is 1. The van der Waals surface area contributed by atoms with Crippen molar-refractivity contribution in [1.29, 1.82) is 0 Å². The number of ether oxygens (including phenoxy) is 1. The van der Waals surface area contributed by atoms with E-state index >= 15 is 0 Å². The van der Waals surface area contributed by atoms with Crippen LogP contribution in [0.2, 0.25) is 0 Å². The third-order valence-corrected chi connectivity index (χ3v) is 5.02. The molecule has 0 saturated heterocycles. The van der Waals surface area contributed by atoms with Gasteiger partial charge in [0.1, 0.15) is 5.75 Å². The van der Waals surface area contributed by atoms with E-state index in [1.54, 1.807) is 42.5 Å². The van der Waals surface area contributed by atoms with Gasteiger partial charge in [-0.05, 0) is 18.2 Å². The molecule has 0 saturated carbocycles. The average molecular weight is 375 g/mol. The molecule has 0 fully saturated rings. The number of hydrogen-bond acceptors (Lipinski definition) is 5. The molecule has 0 amide bonds. The number of carboxylic acid groups (broad SMARTS) is 1. The third-order valence-electron chi connectivity index (χ3n) is 4.22. The number of para-hydroxylation sites is 1. The van der Waals surface area contributed by atoms with Crippen LogP contribution in [0.15, 0.2) is 42.5 Å². The zero-order valence-electron chi connectivity index (χ0n) is 14.0. The number of pyridine rings is 1. The Bertz CT molecular complexity index is 1110. The van der Waals surface area contributed by atoms with Crippen LogP contribution in [0.25, 0.3) is 21.8 Å². The average Bonchev–Trinajstić information content (AvgIpc) is 2.59. The van der Waals surface area contributed by atoms with Crippen LogP contribution in [0.3, 0.4) is 0 Å². The number of fused-ring (bicyclic) bond motifs is 2. The van der Waals surface area contributed by atoms with Crippen LogP contribution < -0.4 is 14.4 Å².